The number of halogens is 3. The van der Waals surface area contributed by atoms with Gasteiger partial charge in [0.15, 0.2) is 0 Å². The van der Waals surface area contributed by atoms with Gasteiger partial charge in [-0.15, -0.1) is 0 Å². The van der Waals surface area contributed by atoms with Crippen molar-refractivity contribution in [2.45, 2.75) is 69.4 Å². The average Bonchev–Trinajstić information content (AvgIpc) is 2.92. The van der Waals surface area contributed by atoms with E-state index >= 15 is 0 Å². The highest BCUT2D eigenvalue weighted by atomic mass is 32.2. The number of piperidine rings is 1. The van der Waals surface area contributed by atoms with Crippen LogP contribution in [0.5, 0.6) is 5.88 Å². The van der Waals surface area contributed by atoms with E-state index in [0.29, 0.717) is 31.9 Å². The van der Waals surface area contributed by atoms with Gasteiger partial charge in [-0.05, 0) is 32.1 Å². The first kappa shape index (κ1) is 24.0. The fourth-order valence-electron chi connectivity index (χ4n) is 3.81. The maximum atomic E-state index is 13.4. The third kappa shape index (κ3) is 6.18. The van der Waals surface area contributed by atoms with E-state index in [1.54, 1.807) is 0 Å². The maximum absolute atomic E-state index is 13.4. The van der Waals surface area contributed by atoms with E-state index in [2.05, 4.69) is 20.0 Å². The molecule has 1 aliphatic heterocycles. The molecule has 0 radical (unpaired) electrons. The van der Waals surface area contributed by atoms with Crippen LogP contribution >= 0.6 is 0 Å². The van der Waals surface area contributed by atoms with Gasteiger partial charge in [0.05, 0.1) is 6.10 Å². The summed E-state index contributed by atoms with van der Waals surface area (Å²) >= 11 is 0. The minimum atomic E-state index is -4.70. The molecule has 31 heavy (non-hydrogen) atoms. The fourth-order valence-corrected chi connectivity index (χ4v) is 4.76. The lowest BCUT2D eigenvalue weighted by atomic mass is 10.1. The van der Waals surface area contributed by atoms with E-state index in [1.807, 2.05) is 0 Å². The smallest absolute Gasteiger partial charge is 0.423 e. The van der Waals surface area contributed by atoms with Crippen molar-refractivity contribution < 1.29 is 31.4 Å². The quantitative estimate of drug-likeness (QED) is 0.547. The normalized spacial score (nSPS) is 24.5. The third-order valence-electron chi connectivity index (χ3n) is 5.62. The van der Waals surface area contributed by atoms with Crippen LogP contribution in [0.2, 0.25) is 0 Å². The molecule has 0 amide bonds. The summed E-state index contributed by atoms with van der Waals surface area (Å²) < 4.78 is 73.2. The summed E-state index contributed by atoms with van der Waals surface area (Å²) in [4.78, 5) is 7.74. The van der Waals surface area contributed by atoms with Gasteiger partial charge < -0.3 is 15.2 Å². The Morgan fingerprint density at radius 3 is 2.48 bits per heavy atom. The molecule has 0 bridgehead atoms. The van der Waals surface area contributed by atoms with Gasteiger partial charge in [-0.2, -0.15) is 30.9 Å². The van der Waals surface area contributed by atoms with Gasteiger partial charge in [-0.1, -0.05) is 12.8 Å². The molecule has 2 heterocycles. The second kappa shape index (κ2) is 9.84. The molecule has 2 atom stereocenters. The summed E-state index contributed by atoms with van der Waals surface area (Å²) in [5, 5.41) is 13.2. The van der Waals surface area contributed by atoms with E-state index in [1.165, 1.54) is 11.4 Å². The zero-order valence-corrected chi connectivity index (χ0v) is 18.0. The highest BCUT2D eigenvalue weighted by Gasteiger charge is 2.38. The van der Waals surface area contributed by atoms with Gasteiger partial charge in [0.2, 0.25) is 11.8 Å². The molecule has 0 aromatic carbocycles. The highest BCUT2D eigenvalue weighted by molar-refractivity contribution is 7.87. The summed E-state index contributed by atoms with van der Waals surface area (Å²) in [6, 6.07) is -0.198. The van der Waals surface area contributed by atoms with Gasteiger partial charge in [-0.3, -0.25) is 0 Å². The monoisotopic (exact) mass is 467 g/mol. The predicted octanol–water partition coefficient (Wildman–Crippen LogP) is 1.91. The number of aromatic nitrogens is 2. The second-order valence-corrected chi connectivity index (χ2v) is 9.67. The zero-order chi connectivity index (χ0) is 22.6. The van der Waals surface area contributed by atoms with Crippen LogP contribution < -0.4 is 14.8 Å². The van der Waals surface area contributed by atoms with Gasteiger partial charge in [0.25, 0.3) is 10.2 Å². The lowest BCUT2D eigenvalue weighted by molar-refractivity contribution is -0.140. The Labute approximate surface area is 179 Å². The second-order valence-electron chi connectivity index (χ2n) is 7.80. The Balaban J connectivity index is 1.73. The van der Waals surface area contributed by atoms with Gasteiger partial charge >= 0.3 is 6.18 Å². The van der Waals surface area contributed by atoms with Crippen molar-refractivity contribution in [1.82, 2.24) is 19.0 Å². The molecule has 1 aromatic heterocycles. The zero-order valence-electron chi connectivity index (χ0n) is 17.2. The Morgan fingerprint density at radius 1 is 1.16 bits per heavy atom. The molecular weight excluding hydrogens is 439 g/mol. The van der Waals surface area contributed by atoms with Crippen LogP contribution in [0.15, 0.2) is 6.20 Å². The van der Waals surface area contributed by atoms with Gasteiger partial charge in [0.1, 0.15) is 11.7 Å². The summed E-state index contributed by atoms with van der Waals surface area (Å²) in [5.74, 6) is -0.632. The molecule has 1 saturated carbocycles. The summed E-state index contributed by atoms with van der Waals surface area (Å²) in [6.45, 7) is 0.526. The molecule has 1 aromatic rings. The topological polar surface area (TPSA) is 117 Å². The number of nitrogens with zero attached hydrogens (tertiary/aromatic N) is 3. The standard InChI is InChI=1S/C18H28F3N5O4S/c1-22-31(28,29)26-9-7-12(8-10-26)24-17-23-11-13(18(19,20)21)16(25-17)30-15-6-4-2-3-5-14(15)27/h11-12,14-15,22,27H,2-10H2,1H3,(H,23,24,25)/t14-,15+/m1/s1. The first-order valence-corrected chi connectivity index (χ1v) is 11.8. The number of rotatable bonds is 6. The number of alkyl halides is 3. The number of aliphatic hydroxyl groups excluding tert-OH is 1. The lowest BCUT2D eigenvalue weighted by Crippen LogP contribution is -2.46. The molecule has 3 rings (SSSR count). The molecule has 1 saturated heterocycles. The van der Waals surface area contributed by atoms with Crippen molar-refractivity contribution in [3.8, 4) is 5.88 Å². The molecule has 2 aliphatic rings. The van der Waals surface area contributed by atoms with Crippen LogP contribution in [0.4, 0.5) is 19.1 Å². The number of anilines is 1. The Bertz CT molecular complexity index is 847. The predicted molar refractivity (Wildman–Crippen MR) is 107 cm³/mol. The van der Waals surface area contributed by atoms with Crippen LogP contribution in [-0.4, -0.2) is 66.2 Å². The van der Waals surface area contributed by atoms with E-state index in [9.17, 15) is 26.7 Å². The van der Waals surface area contributed by atoms with E-state index in [-0.39, 0.29) is 25.1 Å². The van der Waals surface area contributed by atoms with Crippen LogP contribution in [0.25, 0.3) is 0 Å². The van der Waals surface area contributed by atoms with Crippen molar-refractivity contribution in [1.29, 1.82) is 0 Å². The van der Waals surface area contributed by atoms with Crippen molar-refractivity contribution in [2.24, 2.45) is 0 Å². The molecule has 176 valence electrons. The lowest BCUT2D eigenvalue weighted by Gasteiger charge is -2.31. The Hall–Kier alpha value is -1.70. The molecule has 9 nitrogen and oxygen atoms in total. The first-order chi connectivity index (χ1) is 14.6. The molecule has 3 N–H and O–H groups in total. The van der Waals surface area contributed by atoms with Crippen LogP contribution in [-0.2, 0) is 16.4 Å². The summed E-state index contributed by atoms with van der Waals surface area (Å²) in [6.07, 6.45) is -1.38. The van der Waals surface area contributed by atoms with Crippen molar-refractivity contribution in [3.63, 3.8) is 0 Å². The number of hydrogen-bond donors (Lipinski definition) is 3. The fraction of sp³-hybridized carbons (Fsp3) is 0.778. The molecule has 13 heteroatoms. The average molecular weight is 468 g/mol. The molecule has 0 spiro atoms. The summed E-state index contributed by atoms with van der Waals surface area (Å²) in [7, 11) is -2.18. The van der Waals surface area contributed by atoms with Crippen LogP contribution in [0.1, 0.15) is 50.5 Å². The van der Waals surface area contributed by atoms with Crippen molar-refractivity contribution >= 4 is 16.2 Å². The summed E-state index contributed by atoms with van der Waals surface area (Å²) in [5.41, 5.74) is -1.09. The number of ether oxygens (including phenoxy) is 1. The Kier molecular flexibility index (Phi) is 7.60. The minimum absolute atomic E-state index is 0.0268. The maximum Gasteiger partial charge on any atom is 0.423 e. The molecule has 1 aliphatic carbocycles. The SMILES string of the molecule is CNS(=O)(=O)N1CCC(Nc2ncc(C(F)(F)F)c(O[C@H]3CCCCC[C@H]3O)n2)CC1. The Morgan fingerprint density at radius 2 is 1.84 bits per heavy atom. The van der Waals surface area contributed by atoms with Crippen molar-refractivity contribution in [2.75, 3.05) is 25.5 Å². The molecular formula is C18H28F3N5O4S. The van der Waals surface area contributed by atoms with Crippen LogP contribution in [0.3, 0.4) is 0 Å². The van der Waals surface area contributed by atoms with E-state index < -0.39 is 40.0 Å². The minimum Gasteiger partial charge on any atom is -0.471 e. The molecule has 2 fully saturated rings. The van der Waals surface area contributed by atoms with Crippen molar-refractivity contribution in [3.05, 3.63) is 11.8 Å². The highest BCUT2D eigenvalue weighted by Crippen LogP contribution is 2.36. The molecule has 0 unspecified atom stereocenters. The van der Waals surface area contributed by atoms with Gasteiger partial charge in [-0.25, -0.2) is 9.71 Å². The third-order valence-corrected chi connectivity index (χ3v) is 7.19. The largest absolute Gasteiger partial charge is 0.471 e. The number of nitrogens with one attached hydrogen (secondary N) is 2. The number of hydrogen-bond acceptors (Lipinski definition) is 7. The van der Waals surface area contributed by atoms with E-state index in [4.69, 9.17) is 4.74 Å². The van der Waals surface area contributed by atoms with E-state index in [0.717, 1.165) is 19.3 Å². The van der Waals surface area contributed by atoms with Gasteiger partial charge in [0, 0.05) is 32.4 Å². The number of aliphatic hydroxyl groups is 1. The first-order valence-electron chi connectivity index (χ1n) is 10.3. The van der Waals surface area contributed by atoms with Crippen LogP contribution in [0, 0.1) is 0 Å².